The Morgan fingerprint density at radius 1 is 1.26 bits per heavy atom. The molecule has 0 saturated carbocycles. The second-order valence-corrected chi connectivity index (χ2v) is 5.26. The van der Waals surface area contributed by atoms with Crippen LogP contribution in [-0.4, -0.2) is 29.6 Å². The lowest BCUT2D eigenvalue weighted by Crippen LogP contribution is -2.34. The molecular formula is C17H16N4O2. The van der Waals surface area contributed by atoms with Gasteiger partial charge >= 0.3 is 0 Å². The minimum absolute atomic E-state index is 0.183. The Morgan fingerprint density at radius 2 is 2.09 bits per heavy atom. The first-order valence-electron chi connectivity index (χ1n) is 7.31. The number of hydrazone groups is 1. The summed E-state index contributed by atoms with van der Waals surface area (Å²) in [6.07, 6.45) is 4.78. The van der Waals surface area contributed by atoms with Crippen LogP contribution in [-0.2, 0) is 9.59 Å². The third-order valence-corrected chi connectivity index (χ3v) is 3.76. The number of aromatic nitrogens is 1. The predicted molar refractivity (Wildman–Crippen MR) is 85.7 cm³/mol. The maximum absolute atomic E-state index is 12.3. The molecule has 2 heterocycles. The fourth-order valence-corrected chi connectivity index (χ4v) is 2.63. The van der Waals surface area contributed by atoms with Gasteiger partial charge in [-0.25, -0.2) is 5.43 Å². The van der Waals surface area contributed by atoms with Gasteiger partial charge in [0.1, 0.15) is 5.92 Å². The van der Waals surface area contributed by atoms with Gasteiger partial charge in [-0.1, -0.05) is 36.4 Å². The van der Waals surface area contributed by atoms with Crippen molar-refractivity contribution >= 4 is 18.0 Å². The van der Waals surface area contributed by atoms with E-state index in [-0.39, 0.29) is 11.8 Å². The van der Waals surface area contributed by atoms with Crippen molar-refractivity contribution in [3.63, 3.8) is 0 Å². The van der Waals surface area contributed by atoms with E-state index in [1.807, 2.05) is 36.4 Å². The highest BCUT2D eigenvalue weighted by molar-refractivity contribution is 6.03. The summed E-state index contributed by atoms with van der Waals surface area (Å²) in [5, 5.41) is 6.65. The van der Waals surface area contributed by atoms with Crippen LogP contribution < -0.4 is 10.7 Å². The molecule has 23 heavy (non-hydrogen) atoms. The van der Waals surface area contributed by atoms with Crippen molar-refractivity contribution in [2.75, 3.05) is 6.54 Å². The molecule has 1 fully saturated rings. The zero-order valence-corrected chi connectivity index (χ0v) is 12.3. The summed E-state index contributed by atoms with van der Waals surface area (Å²) < 4.78 is 0. The molecule has 3 rings (SSSR count). The van der Waals surface area contributed by atoms with Crippen LogP contribution in [0.25, 0.3) is 0 Å². The highest BCUT2D eigenvalue weighted by Gasteiger charge is 2.40. The van der Waals surface area contributed by atoms with E-state index in [1.165, 1.54) is 6.21 Å². The fourth-order valence-electron chi connectivity index (χ4n) is 2.63. The van der Waals surface area contributed by atoms with Gasteiger partial charge in [0.15, 0.2) is 0 Å². The van der Waals surface area contributed by atoms with E-state index < -0.39 is 11.8 Å². The van der Waals surface area contributed by atoms with E-state index in [9.17, 15) is 9.59 Å². The molecule has 6 nitrogen and oxygen atoms in total. The number of hydrogen-bond donors (Lipinski definition) is 2. The first-order valence-corrected chi connectivity index (χ1v) is 7.31. The van der Waals surface area contributed by atoms with Crippen molar-refractivity contribution in [3.8, 4) is 0 Å². The fraction of sp³-hybridized carbons (Fsp3) is 0.176. The van der Waals surface area contributed by atoms with Crippen molar-refractivity contribution in [2.24, 2.45) is 11.0 Å². The van der Waals surface area contributed by atoms with Gasteiger partial charge in [-0.3, -0.25) is 14.6 Å². The zero-order valence-electron chi connectivity index (χ0n) is 12.3. The van der Waals surface area contributed by atoms with Gasteiger partial charge in [0, 0.05) is 30.4 Å². The molecule has 6 heteroatoms. The first-order chi connectivity index (χ1) is 11.3. The standard InChI is InChI=1S/C17H16N4O2/c22-16-15(14(11-19-16)13-6-2-1-3-7-13)17(23)21-20-10-12-5-4-8-18-9-12/h1-10,14-15H,11H2,(H,19,22)(H,21,23)/b20-10-. The van der Waals surface area contributed by atoms with Crippen molar-refractivity contribution in [2.45, 2.75) is 5.92 Å². The van der Waals surface area contributed by atoms with E-state index >= 15 is 0 Å². The molecule has 1 saturated heterocycles. The van der Waals surface area contributed by atoms with Crippen molar-refractivity contribution in [1.29, 1.82) is 0 Å². The largest absolute Gasteiger partial charge is 0.355 e. The smallest absolute Gasteiger partial charge is 0.253 e. The number of amides is 2. The maximum Gasteiger partial charge on any atom is 0.253 e. The maximum atomic E-state index is 12.3. The number of rotatable bonds is 4. The SMILES string of the molecule is O=C1NCC(c2ccccc2)C1C(=O)N/N=C\c1cccnc1. The minimum Gasteiger partial charge on any atom is -0.355 e. The Morgan fingerprint density at radius 3 is 2.83 bits per heavy atom. The Kier molecular flexibility index (Phi) is 4.42. The summed E-state index contributed by atoms with van der Waals surface area (Å²) in [5.41, 5.74) is 4.17. The third kappa shape index (κ3) is 3.42. The van der Waals surface area contributed by atoms with E-state index in [1.54, 1.807) is 18.5 Å². The van der Waals surface area contributed by atoms with Gasteiger partial charge in [-0.15, -0.1) is 0 Å². The van der Waals surface area contributed by atoms with Crippen LogP contribution in [0.15, 0.2) is 60.0 Å². The second kappa shape index (κ2) is 6.83. The summed E-state index contributed by atoms with van der Waals surface area (Å²) in [5.74, 6) is -1.64. The van der Waals surface area contributed by atoms with Crippen LogP contribution in [0.3, 0.4) is 0 Å². The molecule has 2 aromatic rings. The molecule has 0 bridgehead atoms. The lowest BCUT2D eigenvalue weighted by Gasteiger charge is -2.15. The topological polar surface area (TPSA) is 83.5 Å². The molecule has 0 aliphatic carbocycles. The van der Waals surface area contributed by atoms with E-state index in [4.69, 9.17) is 0 Å². The minimum atomic E-state index is -0.775. The summed E-state index contributed by atoms with van der Waals surface area (Å²) in [4.78, 5) is 28.3. The van der Waals surface area contributed by atoms with E-state index in [0.717, 1.165) is 11.1 Å². The third-order valence-electron chi connectivity index (χ3n) is 3.76. The number of hydrogen-bond acceptors (Lipinski definition) is 4. The first kappa shape index (κ1) is 14.9. The zero-order chi connectivity index (χ0) is 16.1. The number of pyridine rings is 1. The van der Waals surface area contributed by atoms with Crippen LogP contribution in [0, 0.1) is 5.92 Å². The molecule has 1 aliphatic heterocycles. The molecule has 1 aromatic carbocycles. The lowest BCUT2D eigenvalue weighted by atomic mass is 9.88. The monoisotopic (exact) mass is 308 g/mol. The number of carbonyl (C=O) groups excluding carboxylic acids is 2. The Hall–Kier alpha value is -3.02. The molecule has 1 aliphatic rings. The van der Waals surface area contributed by atoms with Crippen LogP contribution in [0.5, 0.6) is 0 Å². The molecule has 2 atom stereocenters. The summed E-state index contributed by atoms with van der Waals surface area (Å²) >= 11 is 0. The molecule has 116 valence electrons. The van der Waals surface area contributed by atoms with Crippen LogP contribution >= 0.6 is 0 Å². The summed E-state index contributed by atoms with van der Waals surface area (Å²) in [6.45, 7) is 0.452. The van der Waals surface area contributed by atoms with Gasteiger partial charge in [0.25, 0.3) is 5.91 Å². The molecule has 0 spiro atoms. The van der Waals surface area contributed by atoms with E-state index in [2.05, 4.69) is 20.8 Å². The van der Waals surface area contributed by atoms with Gasteiger partial charge in [-0.2, -0.15) is 5.10 Å². The number of benzene rings is 1. The van der Waals surface area contributed by atoms with Gasteiger partial charge in [0.2, 0.25) is 5.91 Å². The van der Waals surface area contributed by atoms with Crippen LogP contribution in [0.1, 0.15) is 17.0 Å². The molecule has 2 unspecified atom stereocenters. The van der Waals surface area contributed by atoms with Gasteiger partial charge in [0.05, 0.1) is 6.21 Å². The highest BCUT2D eigenvalue weighted by atomic mass is 16.2. The van der Waals surface area contributed by atoms with Crippen LogP contribution in [0.2, 0.25) is 0 Å². The molecule has 2 N–H and O–H groups in total. The van der Waals surface area contributed by atoms with Gasteiger partial charge in [-0.05, 0) is 11.6 Å². The Bertz CT molecular complexity index is 716. The molecular weight excluding hydrogens is 292 g/mol. The normalized spacial score (nSPS) is 20.4. The number of nitrogens with one attached hydrogen (secondary N) is 2. The average molecular weight is 308 g/mol. The predicted octanol–water partition coefficient (Wildman–Crippen LogP) is 1.06. The van der Waals surface area contributed by atoms with Crippen molar-refractivity contribution in [3.05, 3.63) is 66.0 Å². The molecule has 2 amide bonds. The van der Waals surface area contributed by atoms with E-state index in [0.29, 0.717) is 6.54 Å². The number of nitrogens with zero attached hydrogens (tertiary/aromatic N) is 2. The quantitative estimate of drug-likeness (QED) is 0.503. The lowest BCUT2D eigenvalue weighted by molar-refractivity contribution is -0.133. The Balaban J connectivity index is 1.70. The average Bonchev–Trinajstić information content (AvgIpc) is 2.98. The van der Waals surface area contributed by atoms with Crippen molar-refractivity contribution in [1.82, 2.24) is 15.7 Å². The van der Waals surface area contributed by atoms with Gasteiger partial charge < -0.3 is 5.32 Å². The summed E-state index contributed by atoms with van der Waals surface area (Å²) in [6, 6.07) is 13.1. The second-order valence-electron chi connectivity index (χ2n) is 5.26. The van der Waals surface area contributed by atoms with Crippen molar-refractivity contribution < 1.29 is 9.59 Å². The Labute approximate surface area is 133 Å². The summed E-state index contributed by atoms with van der Waals surface area (Å²) in [7, 11) is 0. The molecule has 0 radical (unpaired) electrons. The highest BCUT2D eigenvalue weighted by Crippen LogP contribution is 2.28. The van der Waals surface area contributed by atoms with Crippen LogP contribution in [0.4, 0.5) is 0 Å². The number of carbonyl (C=O) groups is 2. The molecule has 1 aromatic heterocycles.